The summed E-state index contributed by atoms with van der Waals surface area (Å²) in [7, 11) is 1.78. The highest BCUT2D eigenvalue weighted by molar-refractivity contribution is 5.77. The Balaban J connectivity index is 1.97. The van der Waals surface area contributed by atoms with E-state index in [4.69, 9.17) is 0 Å². The van der Waals surface area contributed by atoms with E-state index in [9.17, 15) is 4.79 Å². The molecule has 2 unspecified atom stereocenters. The molecule has 0 aromatic heterocycles. The van der Waals surface area contributed by atoms with Gasteiger partial charge in [0.05, 0.1) is 6.54 Å². The second kappa shape index (κ2) is 8.30. The topological polar surface area (TPSA) is 44.4 Å². The number of carbonyl (C=O) groups excluding carboxylic acids is 1. The maximum absolute atomic E-state index is 11.6. The van der Waals surface area contributed by atoms with Crippen molar-refractivity contribution < 1.29 is 4.79 Å². The number of nitrogens with one attached hydrogen (secondary N) is 2. The minimum atomic E-state index is 0.0394. The van der Waals surface area contributed by atoms with Crippen molar-refractivity contribution in [1.29, 1.82) is 0 Å². The first kappa shape index (κ1) is 17.0. The Hall–Kier alpha value is -1.39. The molecule has 0 aliphatic carbocycles. The molecule has 1 aromatic carbocycles. The first-order valence-electron chi connectivity index (χ1n) is 8.29. The number of benzene rings is 1. The number of carbonyl (C=O) groups is 1. The molecule has 1 aliphatic rings. The van der Waals surface area contributed by atoms with Crippen LogP contribution in [-0.2, 0) is 17.9 Å². The molecule has 1 heterocycles. The molecule has 2 rings (SSSR count). The van der Waals surface area contributed by atoms with Gasteiger partial charge in [0.25, 0.3) is 0 Å². The number of likely N-dealkylation sites (tertiary alicyclic amines) is 1. The monoisotopic (exact) mass is 303 g/mol. The summed E-state index contributed by atoms with van der Waals surface area (Å²) in [6.45, 7) is 8.97. The number of likely N-dealkylation sites (N-methyl/N-ethyl adjacent to an activating group) is 1. The smallest absolute Gasteiger partial charge is 0.234 e. The minimum Gasteiger partial charge on any atom is -0.351 e. The van der Waals surface area contributed by atoms with Crippen molar-refractivity contribution >= 4 is 5.91 Å². The van der Waals surface area contributed by atoms with Crippen molar-refractivity contribution in [2.45, 2.75) is 33.4 Å². The molecule has 4 heteroatoms. The summed E-state index contributed by atoms with van der Waals surface area (Å²) in [4.78, 5) is 14.2. The molecule has 1 amide bonds. The minimum absolute atomic E-state index is 0.0394. The van der Waals surface area contributed by atoms with E-state index >= 15 is 0 Å². The Morgan fingerprint density at radius 2 is 1.82 bits per heavy atom. The molecule has 1 fully saturated rings. The standard InChI is InChI=1S/C18H29N3O/c1-14-8-15(2)12-21(11-14)13-17-7-5-4-6-16(17)9-20-18(22)10-19-3/h4-7,14-15,19H,8-13H2,1-3H3,(H,20,22). The molecule has 22 heavy (non-hydrogen) atoms. The third-order valence-electron chi connectivity index (χ3n) is 4.27. The lowest BCUT2D eigenvalue weighted by Crippen LogP contribution is -2.38. The number of piperidine rings is 1. The predicted molar refractivity (Wildman–Crippen MR) is 90.4 cm³/mol. The molecule has 1 aromatic rings. The lowest BCUT2D eigenvalue weighted by atomic mass is 9.91. The van der Waals surface area contributed by atoms with Crippen LogP contribution in [0.1, 0.15) is 31.4 Å². The Morgan fingerprint density at radius 3 is 2.45 bits per heavy atom. The zero-order valence-electron chi connectivity index (χ0n) is 14.1. The highest BCUT2D eigenvalue weighted by Crippen LogP contribution is 2.23. The van der Waals surface area contributed by atoms with Crippen LogP contribution in [0, 0.1) is 11.8 Å². The summed E-state index contributed by atoms with van der Waals surface area (Å²) in [6.07, 6.45) is 1.33. The normalized spacial score (nSPS) is 22.5. The van der Waals surface area contributed by atoms with Gasteiger partial charge in [-0.25, -0.2) is 0 Å². The fourth-order valence-corrected chi connectivity index (χ4v) is 3.46. The van der Waals surface area contributed by atoms with Gasteiger partial charge in [-0.3, -0.25) is 9.69 Å². The van der Waals surface area contributed by atoms with Gasteiger partial charge in [-0.2, -0.15) is 0 Å². The van der Waals surface area contributed by atoms with E-state index in [0.717, 1.165) is 18.4 Å². The van der Waals surface area contributed by atoms with E-state index in [1.165, 1.54) is 30.6 Å². The number of rotatable bonds is 6. The van der Waals surface area contributed by atoms with Gasteiger partial charge in [0.15, 0.2) is 0 Å². The molecule has 1 saturated heterocycles. The van der Waals surface area contributed by atoms with Crippen LogP contribution in [0.5, 0.6) is 0 Å². The van der Waals surface area contributed by atoms with Crippen molar-refractivity contribution in [2.75, 3.05) is 26.7 Å². The third kappa shape index (κ3) is 5.11. The van der Waals surface area contributed by atoms with Gasteiger partial charge in [0, 0.05) is 26.2 Å². The second-order valence-electron chi connectivity index (χ2n) is 6.72. The Bertz CT molecular complexity index is 479. The predicted octanol–water partition coefficient (Wildman–Crippen LogP) is 2.00. The molecule has 4 nitrogen and oxygen atoms in total. The summed E-state index contributed by atoms with van der Waals surface area (Å²) in [5.41, 5.74) is 2.55. The van der Waals surface area contributed by atoms with Crippen LogP contribution in [0.25, 0.3) is 0 Å². The van der Waals surface area contributed by atoms with Crippen molar-refractivity contribution in [3.05, 3.63) is 35.4 Å². The van der Waals surface area contributed by atoms with Crippen molar-refractivity contribution in [1.82, 2.24) is 15.5 Å². The Labute approximate surface area is 134 Å². The first-order valence-corrected chi connectivity index (χ1v) is 8.29. The number of nitrogens with zero attached hydrogens (tertiary/aromatic N) is 1. The Kier molecular flexibility index (Phi) is 6.40. The average molecular weight is 303 g/mol. The summed E-state index contributed by atoms with van der Waals surface area (Å²) < 4.78 is 0. The van der Waals surface area contributed by atoms with Gasteiger partial charge in [0.1, 0.15) is 0 Å². The van der Waals surface area contributed by atoms with E-state index in [2.05, 4.69) is 47.6 Å². The van der Waals surface area contributed by atoms with Crippen LogP contribution in [0.15, 0.2) is 24.3 Å². The van der Waals surface area contributed by atoms with Crippen LogP contribution in [0.4, 0.5) is 0 Å². The summed E-state index contributed by atoms with van der Waals surface area (Å²) in [5, 5.41) is 5.85. The van der Waals surface area contributed by atoms with E-state index in [-0.39, 0.29) is 5.91 Å². The molecule has 1 aliphatic heterocycles. The third-order valence-corrected chi connectivity index (χ3v) is 4.27. The van der Waals surface area contributed by atoms with E-state index < -0.39 is 0 Å². The van der Waals surface area contributed by atoms with Crippen molar-refractivity contribution in [2.24, 2.45) is 11.8 Å². The quantitative estimate of drug-likeness (QED) is 0.845. The average Bonchev–Trinajstić information content (AvgIpc) is 2.45. The van der Waals surface area contributed by atoms with Gasteiger partial charge < -0.3 is 10.6 Å². The highest BCUT2D eigenvalue weighted by atomic mass is 16.1. The molecule has 0 bridgehead atoms. The van der Waals surface area contributed by atoms with Crippen LogP contribution in [0.3, 0.4) is 0 Å². The first-order chi connectivity index (χ1) is 10.6. The Morgan fingerprint density at radius 1 is 1.18 bits per heavy atom. The maximum atomic E-state index is 11.6. The molecule has 0 radical (unpaired) electrons. The number of hydrogen-bond donors (Lipinski definition) is 2. The maximum Gasteiger partial charge on any atom is 0.234 e. The summed E-state index contributed by atoms with van der Waals surface area (Å²) >= 11 is 0. The lowest BCUT2D eigenvalue weighted by molar-refractivity contribution is -0.120. The van der Waals surface area contributed by atoms with Gasteiger partial charge in [-0.1, -0.05) is 38.1 Å². The van der Waals surface area contributed by atoms with E-state index in [1.807, 2.05) is 6.07 Å². The van der Waals surface area contributed by atoms with Gasteiger partial charge >= 0.3 is 0 Å². The SMILES string of the molecule is CNCC(=O)NCc1ccccc1CN1CC(C)CC(C)C1. The zero-order valence-corrected chi connectivity index (χ0v) is 14.1. The van der Waals surface area contributed by atoms with Crippen molar-refractivity contribution in [3.63, 3.8) is 0 Å². The largest absolute Gasteiger partial charge is 0.351 e. The van der Waals surface area contributed by atoms with E-state index in [1.54, 1.807) is 7.05 Å². The van der Waals surface area contributed by atoms with Crippen LogP contribution >= 0.6 is 0 Å². The molecule has 0 saturated carbocycles. The number of hydrogen-bond acceptors (Lipinski definition) is 3. The van der Waals surface area contributed by atoms with Crippen molar-refractivity contribution in [3.8, 4) is 0 Å². The van der Waals surface area contributed by atoms with Crippen LogP contribution in [-0.4, -0.2) is 37.5 Å². The second-order valence-corrected chi connectivity index (χ2v) is 6.72. The van der Waals surface area contributed by atoms with Crippen LogP contribution < -0.4 is 10.6 Å². The van der Waals surface area contributed by atoms with E-state index in [0.29, 0.717) is 13.1 Å². The fraction of sp³-hybridized carbons (Fsp3) is 0.611. The highest BCUT2D eigenvalue weighted by Gasteiger charge is 2.22. The molecule has 2 atom stereocenters. The van der Waals surface area contributed by atoms with Crippen LogP contribution in [0.2, 0.25) is 0 Å². The molecule has 2 N–H and O–H groups in total. The molecular weight excluding hydrogens is 274 g/mol. The molecule has 0 spiro atoms. The summed E-state index contributed by atoms with van der Waals surface area (Å²) in [5.74, 6) is 1.58. The molecule has 122 valence electrons. The lowest BCUT2D eigenvalue weighted by Gasteiger charge is -2.35. The van der Waals surface area contributed by atoms with Gasteiger partial charge in [0.2, 0.25) is 5.91 Å². The fourth-order valence-electron chi connectivity index (χ4n) is 3.46. The molecular formula is C18H29N3O. The number of amides is 1. The summed E-state index contributed by atoms with van der Waals surface area (Å²) in [6, 6.07) is 8.44. The zero-order chi connectivity index (χ0) is 15.9. The van der Waals surface area contributed by atoms with Gasteiger partial charge in [-0.05, 0) is 36.4 Å². The van der Waals surface area contributed by atoms with Gasteiger partial charge in [-0.15, -0.1) is 0 Å².